The fourth-order valence-electron chi connectivity index (χ4n) is 1.59. The second kappa shape index (κ2) is 3.19. The van der Waals surface area contributed by atoms with E-state index in [0.717, 1.165) is 19.5 Å². The molecular weight excluding hydrogens is 155 g/mol. The van der Waals surface area contributed by atoms with Gasteiger partial charge in [0.05, 0.1) is 5.69 Å². The maximum absolute atomic E-state index is 13.2. The molecule has 1 atom stereocenters. The quantitative estimate of drug-likeness (QED) is 0.680. The molecule has 1 aromatic rings. The molecule has 1 aliphatic heterocycles. The van der Waals surface area contributed by atoms with Crippen molar-refractivity contribution in [3.63, 3.8) is 0 Å². The third-order valence-electron chi connectivity index (χ3n) is 2.23. The zero-order valence-corrected chi connectivity index (χ0v) is 6.76. The Balaban J connectivity index is 2.26. The van der Waals surface area contributed by atoms with E-state index in [2.05, 4.69) is 10.3 Å². The first-order valence-corrected chi connectivity index (χ1v) is 4.19. The molecule has 1 aromatic heterocycles. The van der Waals surface area contributed by atoms with Gasteiger partial charge in [-0.2, -0.15) is 0 Å². The molecule has 1 saturated heterocycles. The molecule has 0 amide bonds. The molecule has 0 aromatic carbocycles. The maximum Gasteiger partial charge on any atom is 0.145 e. The number of rotatable bonds is 1. The number of nitrogens with zero attached hydrogens (tertiary/aromatic N) is 1. The van der Waals surface area contributed by atoms with E-state index in [4.69, 9.17) is 0 Å². The minimum absolute atomic E-state index is 0.175. The lowest BCUT2D eigenvalue weighted by Crippen LogP contribution is -2.09. The van der Waals surface area contributed by atoms with Crippen molar-refractivity contribution in [2.75, 3.05) is 13.1 Å². The highest BCUT2D eigenvalue weighted by molar-refractivity contribution is 5.14. The highest BCUT2D eigenvalue weighted by Gasteiger charge is 2.20. The topological polar surface area (TPSA) is 24.9 Å². The SMILES string of the molecule is Fc1cccnc1[C@H]1CCNC1. The first kappa shape index (κ1) is 7.68. The second-order valence-electron chi connectivity index (χ2n) is 3.06. The van der Waals surface area contributed by atoms with Gasteiger partial charge in [0.25, 0.3) is 0 Å². The molecule has 1 aliphatic rings. The van der Waals surface area contributed by atoms with Crippen LogP contribution in [0.3, 0.4) is 0 Å². The summed E-state index contributed by atoms with van der Waals surface area (Å²) in [5.74, 6) is 0.0948. The average Bonchev–Trinajstić information content (AvgIpc) is 2.57. The third-order valence-corrected chi connectivity index (χ3v) is 2.23. The number of hydrogen-bond donors (Lipinski definition) is 1. The third kappa shape index (κ3) is 1.32. The van der Waals surface area contributed by atoms with E-state index in [1.165, 1.54) is 6.07 Å². The van der Waals surface area contributed by atoms with Crippen LogP contribution in [0.5, 0.6) is 0 Å². The van der Waals surface area contributed by atoms with Gasteiger partial charge >= 0.3 is 0 Å². The van der Waals surface area contributed by atoms with Crippen molar-refractivity contribution in [3.05, 3.63) is 29.8 Å². The van der Waals surface area contributed by atoms with Gasteiger partial charge in [-0.15, -0.1) is 0 Å². The Morgan fingerprint density at radius 1 is 1.58 bits per heavy atom. The standard InChI is InChI=1S/C9H11FN2/c10-8-2-1-4-12-9(8)7-3-5-11-6-7/h1-2,4,7,11H,3,5-6H2/t7-/m0/s1. The zero-order chi connectivity index (χ0) is 8.39. The van der Waals surface area contributed by atoms with E-state index in [0.29, 0.717) is 5.69 Å². The molecule has 2 heterocycles. The normalized spacial score (nSPS) is 22.9. The lowest BCUT2D eigenvalue weighted by molar-refractivity contribution is 0.573. The Bertz CT molecular complexity index is 269. The van der Waals surface area contributed by atoms with Crippen LogP contribution < -0.4 is 5.32 Å². The number of pyridine rings is 1. The summed E-state index contributed by atoms with van der Waals surface area (Å²) in [6, 6.07) is 3.10. The minimum atomic E-state index is -0.175. The van der Waals surface area contributed by atoms with E-state index < -0.39 is 0 Å². The largest absolute Gasteiger partial charge is 0.316 e. The molecule has 1 N–H and O–H groups in total. The first-order chi connectivity index (χ1) is 5.88. The van der Waals surface area contributed by atoms with E-state index >= 15 is 0 Å². The number of hydrogen-bond acceptors (Lipinski definition) is 2. The summed E-state index contributed by atoms with van der Waals surface area (Å²) in [6.07, 6.45) is 2.64. The van der Waals surface area contributed by atoms with Crippen molar-refractivity contribution in [2.24, 2.45) is 0 Å². The smallest absolute Gasteiger partial charge is 0.145 e. The van der Waals surface area contributed by atoms with Crippen LogP contribution in [-0.4, -0.2) is 18.1 Å². The predicted molar refractivity (Wildman–Crippen MR) is 44.4 cm³/mol. The molecule has 0 saturated carbocycles. The van der Waals surface area contributed by atoms with Crippen molar-refractivity contribution < 1.29 is 4.39 Å². The van der Waals surface area contributed by atoms with E-state index in [1.54, 1.807) is 12.3 Å². The molecule has 0 bridgehead atoms. The van der Waals surface area contributed by atoms with Gasteiger partial charge in [-0.1, -0.05) is 0 Å². The van der Waals surface area contributed by atoms with Crippen LogP contribution in [0.15, 0.2) is 18.3 Å². The molecule has 2 rings (SSSR count). The molecule has 0 radical (unpaired) electrons. The fraction of sp³-hybridized carbons (Fsp3) is 0.444. The summed E-state index contributed by atoms with van der Waals surface area (Å²) in [5.41, 5.74) is 0.613. The summed E-state index contributed by atoms with van der Waals surface area (Å²) >= 11 is 0. The molecule has 64 valence electrons. The van der Waals surface area contributed by atoms with Crippen molar-refractivity contribution in [1.29, 1.82) is 0 Å². The van der Waals surface area contributed by atoms with Gasteiger partial charge in [-0.25, -0.2) is 4.39 Å². The molecule has 0 spiro atoms. The van der Waals surface area contributed by atoms with Crippen LogP contribution in [0.4, 0.5) is 4.39 Å². The van der Waals surface area contributed by atoms with Crippen LogP contribution in [0.2, 0.25) is 0 Å². The van der Waals surface area contributed by atoms with Gasteiger partial charge in [0.1, 0.15) is 5.82 Å². The fourth-order valence-corrected chi connectivity index (χ4v) is 1.59. The Kier molecular flexibility index (Phi) is 2.04. The van der Waals surface area contributed by atoms with Crippen LogP contribution in [0, 0.1) is 5.82 Å². The number of aromatic nitrogens is 1. The summed E-state index contributed by atoms with van der Waals surface area (Å²) in [6.45, 7) is 1.83. The van der Waals surface area contributed by atoms with Crippen molar-refractivity contribution >= 4 is 0 Å². The lowest BCUT2D eigenvalue weighted by atomic mass is 10.0. The lowest BCUT2D eigenvalue weighted by Gasteiger charge is -2.07. The van der Waals surface area contributed by atoms with Gasteiger partial charge in [0.15, 0.2) is 0 Å². The van der Waals surface area contributed by atoms with Crippen LogP contribution in [0.1, 0.15) is 18.0 Å². The summed E-state index contributed by atoms with van der Waals surface area (Å²) < 4.78 is 13.2. The summed E-state index contributed by atoms with van der Waals surface area (Å²) in [7, 11) is 0. The number of halogens is 1. The summed E-state index contributed by atoms with van der Waals surface area (Å²) in [5, 5.41) is 3.19. The minimum Gasteiger partial charge on any atom is -0.316 e. The van der Waals surface area contributed by atoms with Gasteiger partial charge in [0.2, 0.25) is 0 Å². The van der Waals surface area contributed by atoms with Gasteiger partial charge < -0.3 is 5.32 Å². The zero-order valence-electron chi connectivity index (χ0n) is 6.76. The van der Waals surface area contributed by atoms with E-state index in [-0.39, 0.29) is 11.7 Å². The monoisotopic (exact) mass is 166 g/mol. The Labute approximate surface area is 70.8 Å². The van der Waals surface area contributed by atoms with E-state index in [1.807, 2.05) is 0 Å². The highest BCUT2D eigenvalue weighted by Crippen LogP contribution is 2.21. The second-order valence-corrected chi connectivity index (χ2v) is 3.06. The molecule has 1 fully saturated rings. The Morgan fingerprint density at radius 3 is 3.17 bits per heavy atom. The predicted octanol–water partition coefficient (Wildman–Crippen LogP) is 1.30. The van der Waals surface area contributed by atoms with E-state index in [9.17, 15) is 4.39 Å². The first-order valence-electron chi connectivity index (χ1n) is 4.19. The Hall–Kier alpha value is -0.960. The Morgan fingerprint density at radius 2 is 2.50 bits per heavy atom. The molecule has 12 heavy (non-hydrogen) atoms. The highest BCUT2D eigenvalue weighted by atomic mass is 19.1. The van der Waals surface area contributed by atoms with Crippen LogP contribution in [0.25, 0.3) is 0 Å². The van der Waals surface area contributed by atoms with Crippen molar-refractivity contribution in [1.82, 2.24) is 10.3 Å². The molecular formula is C9H11FN2. The van der Waals surface area contributed by atoms with Crippen molar-refractivity contribution in [2.45, 2.75) is 12.3 Å². The van der Waals surface area contributed by atoms with Gasteiger partial charge in [-0.3, -0.25) is 4.98 Å². The molecule has 3 heteroatoms. The van der Waals surface area contributed by atoms with Gasteiger partial charge in [0, 0.05) is 18.7 Å². The number of nitrogens with one attached hydrogen (secondary N) is 1. The molecule has 0 unspecified atom stereocenters. The molecule has 2 nitrogen and oxygen atoms in total. The summed E-state index contributed by atoms with van der Waals surface area (Å²) in [4.78, 5) is 4.05. The maximum atomic E-state index is 13.2. The van der Waals surface area contributed by atoms with Crippen LogP contribution in [-0.2, 0) is 0 Å². The molecule has 0 aliphatic carbocycles. The van der Waals surface area contributed by atoms with Crippen molar-refractivity contribution in [3.8, 4) is 0 Å². The van der Waals surface area contributed by atoms with Gasteiger partial charge in [-0.05, 0) is 25.1 Å². The average molecular weight is 166 g/mol. The van der Waals surface area contributed by atoms with Crippen LogP contribution >= 0.6 is 0 Å².